The van der Waals surface area contributed by atoms with Crippen molar-refractivity contribution >= 4 is 5.82 Å². The molecule has 0 bridgehead atoms. The molecular formula is C21H20N4O3. The summed E-state index contributed by atoms with van der Waals surface area (Å²) >= 11 is 0. The minimum atomic E-state index is 0.551. The smallest absolute Gasteiger partial charge is 0.203 e. The standard InChI is InChI=1S/C21H20N4O3/c1-26-17-10-14(11-18(27-2)20(17)28-3)19-16-8-9-23-21(16)25(24-19)15-6-4-13(12-22)5-7-15/h4-7,10-11,23H,8-9H2,1-3H3. The van der Waals surface area contributed by atoms with Gasteiger partial charge in [-0.3, -0.25) is 0 Å². The van der Waals surface area contributed by atoms with Gasteiger partial charge < -0.3 is 19.5 Å². The molecule has 2 aromatic carbocycles. The molecule has 0 fully saturated rings. The van der Waals surface area contributed by atoms with Gasteiger partial charge in [-0.1, -0.05) is 0 Å². The molecule has 3 aromatic rings. The number of aromatic nitrogens is 2. The predicted molar refractivity (Wildman–Crippen MR) is 106 cm³/mol. The maximum atomic E-state index is 9.03. The number of nitriles is 1. The minimum absolute atomic E-state index is 0.551. The molecule has 4 rings (SSSR count). The predicted octanol–water partition coefficient (Wildman–Crippen LogP) is 3.40. The zero-order valence-corrected chi connectivity index (χ0v) is 15.9. The summed E-state index contributed by atoms with van der Waals surface area (Å²) < 4.78 is 18.3. The second-order valence-electron chi connectivity index (χ2n) is 6.34. The third kappa shape index (κ3) is 2.79. The molecule has 0 radical (unpaired) electrons. The van der Waals surface area contributed by atoms with Crippen molar-refractivity contribution in [1.82, 2.24) is 9.78 Å². The van der Waals surface area contributed by atoms with Gasteiger partial charge in [0.05, 0.1) is 44.3 Å². The Morgan fingerprint density at radius 2 is 1.71 bits per heavy atom. The third-order valence-electron chi connectivity index (χ3n) is 4.83. The molecule has 7 nitrogen and oxygen atoms in total. The van der Waals surface area contributed by atoms with Crippen molar-refractivity contribution in [3.05, 3.63) is 47.5 Å². The van der Waals surface area contributed by atoms with E-state index >= 15 is 0 Å². The Morgan fingerprint density at radius 3 is 2.29 bits per heavy atom. The van der Waals surface area contributed by atoms with Crippen molar-refractivity contribution in [3.8, 4) is 40.3 Å². The number of ether oxygens (including phenoxy) is 3. The van der Waals surface area contributed by atoms with Crippen LogP contribution in [0.25, 0.3) is 16.9 Å². The quantitative estimate of drug-likeness (QED) is 0.735. The molecule has 0 saturated heterocycles. The first kappa shape index (κ1) is 17.7. The largest absolute Gasteiger partial charge is 0.493 e. The van der Waals surface area contributed by atoms with Crippen LogP contribution >= 0.6 is 0 Å². The van der Waals surface area contributed by atoms with Crippen LogP contribution in [0.2, 0.25) is 0 Å². The zero-order chi connectivity index (χ0) is 19.7. The number of nitrogens with zero attached hydrogens (tertiary/aromatic N) is 3. The summed E-state index contributed by atoms with van der Waals surface area (Å²) in [6.45, 7) is 0.848. The van der Waals surface area contributed by atoms with Crippen molar-refractivity contribution in [2.75, 3.05) is 33.2 Å². The van der Waals surface area contributed by atoms with Crippen LogP contribution in [-0.4, -0.2) is 37.7 Å². The molecule has 28 heavy (non-hydrogen) atoms. The van der Waals surface area contributed by atoms with Crippen LogP contribution in [0.1, 0.15) is 11.1 Å². The number of nitrogens with one attached hydrogen (secondary N) is 1. The number of anilines is 1. The van der Waals surface area contributed by atoms with Crippen LogP contribution in [-0.2, 0) is 6.42 Å². The molecule has 0 aliphatic carbocycles. The first-order chi connectivity index (χ1) is 13.7. The molecule has 1 aliphatic heterocycles. The first-order valence-electron chi connectivity index (χ1n) is 8.86. The summed E-state index contributed by atoms with van der Waals surface area (Å²) in [7, 11) is 4.78. The molecule has 1 N–H and O–H groups in total. The van der Waals surface area contributed by atoms with Crippen molar-refractivity contribution in [2.45, 2.75) is 6.42 Å². The van der Waals surface area contributed by atoms with E-state index in [1.165, 1.54) is 0 Å². The van der Waals surface area contributed by atoms with Crippen LogP contribution in [0, 0.1) is 11.3 Å². The van der Waals surface area contributed by atoms with Gasteiger partial charge in [-0.05, 0) is 42.8 Å². The van der Waals surface area contributed by atoms with Crippen LogP contribution in [0.5, 0.6) is 17.2 Å². The zero-order valence-electron chi connectivity index (χ0n) is 15.9. The lowest BCUT2D eigenvalue weighted by atomic mass is 10.1. The van der Waals surface area contributed by atoms with Crippen LogP contribution in [0.15, 0.2) is 36.4 Å². The summed E-state index contributed by atoms with van der Waals surface area (Å²) in [5, 5.41) is 17.3. The van der Waals surface area contributed by atoms with Gasteiger partial charge in [-0.25, -0.2) is 4.68 Å². The normalized spacial score (nSPS) is 12.1. The van der Waals surface area contributed by atoms with Crippen LogP contribution in [0.3, 0.4) is 0 Å². The molecule has 2 heterocycles. The number of rotatable bonds is 5. The van der Waals surface area contributed by atoms with Gasteiger partial charge in [-0.15, -0.1) is 0 Å². The number of hydrogen-bond donors (Lipinski definition) is 1. The Hall–Kier alpha value is -3.66. The van der Waals surface area contributed by atoms with Gasteiger partial charge in [0.2, 0.25) is 5.75 Å². The lowest BCUT2D eigenvalue weighted by Gasteiger charge is -2.13. The minimum Gasteiger partial charge on any atom is -0.493 e. The highest BCUT2D eigenvalue weighted by Crippen LogP contribution is 2.43. The van der Waals surface area contributed by atoms with Gasteiger partial charge in [0.1, 0.15) is 5.82 Å². The molecule has 142 valence electrons. The van der Waals surface area contributed by atoms with E-state index in [2.05, 4.69) is 11.4 Å². The Kier molecular flexibility index (Phi) is 4.53. The fraction of sp³-hybridized carbons (Fsp3) is 0.238. The van der Waals surface area contributed by atoms with E-state index in [-0.39, 0.29) is 0 Å². The first-order valence-corrected chi connectivity index (χ1v) is 8.86. The van der Waals surface area contributed by atoms with Gasteiger partial charge in [0.15, 0.2) is 11.5 Å². The third-order valence-corrected chi connectivity index (χ3v) is 4.83. The van der Waals surface area contributed by atoms with Crippen LogP contribution < -0.4 is 19.5 Å². The number of hydrogen-bond acceptors (Lipinski definition) is 6. The fourth-order valence-electron chi connectivity index (χ4n) is 3.49. The molecule has 7 heteroatoms. The molecule has 1 aliphatic rings. The molecule has 0 spiro atoms. The van der Waals surface area contributed by atoms with E-state index in [0.717, 1.165) is 41.3 Å². The van der Waals surface area contributed by atoms with Gasteiger partial charge >= 0.3 is 0 Å². The van der Waals surface area contributed by atoms with E-state index in [1.54, 1.807) is 33.5 Å². The topological polar surface area (TPSA) is 81.3 Å². The Balaban J connectivity index is 1.87. The summed E-state index contributed by atoms with van der Waals surface area (Å²) in [6, 6.07) is 13.3. The van der Waals surface area contributed by atoms with Crippen LogP contribution in [0.4, 0.5) is 5.82 Å². The Labute approximate surface area is 163 Å². The van der Waals surface area contributed by atoms with E-state index in [0.29, 0.717) is 22.8 Å². The number of fused-ring (bicyclic) bond motifs is 1. The second-order valence-corrected chi connectivity index (χ2v) is 6.34. The molecule has 1 aromatic heterocycles. The van der Waals surface area contributed by atoms with E-state index in [4.69, 9.17) is 24.6 Å². The molecule has 0 amide bonds. The van der Waals surface area contributed by atoms with Crippen molar-refractivity contribution in [3.63, 3.8) is 0 Å². The van der Waals surface area contributed by atoms with Gasteiger partial charge in [0, 0.05) is 17.7 Å². The second kappa shape index (κ2) is 7.16. The highest BCUT2D eigenvalue weighted by molar-refractivity contribution is 5.76. The van der Waals surface area contributed by atoms with E-state index in [1.807, 2.05) is 28.9 Å². The van der Waals surface area contributed by atoms with E-state index in [9.17, 15) is 0 Å². The Morgan fingerprint density at radius 1 is 1.04 bits per heavy atom. The van der Waals surface area contributed by atoms with Crippen molar-refractivity contribution in [1.29, 1.82) is 5.26 Å². The monoisotopic (exact) mass is 376 g/mol. The summed E-state index contributed by atoms with van der Waals surface area (Å²) in [5.74, 6) is 2.69. The molecule has 0 unspecified atom stereocenters. The SMILES string of the molecule is COc1cc(-c2nn(-c3ccc(C#N)cc3)c3c2CCN3)cc(OC)c1OC. The van der Waals surface area contributed by atoms with E-state index < -0.39 is 0 Å². The average Bonchev–Trinajstić information content (AvgIpc) is 3.35. The summed E-state index contributed by atoms with van der Waals surface area (Å²) in [5.41, 5.74) is 4.40. The highest BCUT2D eigenvalue weighted by atomic mass is 16.5. The maximum absolute atomic E-state index is 9.03. The van der Waals surface area contributed by atoms with Crippen molar-refractivity contribution < 1.29 is 14.2 Å². The Bertz CT molecular complexity index is 1040. The summed E-state index contributed by atoms with van der Waals surface area (Å²) in [4.78, 5) is 0. The van der Waals surface area contributed by atoms with Crippen molar-refractivity contribution in [2.24, 2.45) is 0 Å². The lowest BCUT2D eigenvalue weighted by Crippen LogP contribution is -2.04. The maximum Gasteiger partial charge on any atom is 0.203 e. The van der Waals surface area contributed by atoms with Gasteiger partial charge in [-0.2, -0.15) is 10.4 Å². The molecule has 0 saturated carbocycles. The highest BCUT2D eigenvalue weighted by Gasteiger charge is 2.25. The van der Waals surface area contributed by atoms with Gasteiger partial charge in [0.25, 0.3) is 0 Å². The average molecular weight is 376 g/mol. The summed E-state index contributed by atoms with van der Waals surface area (Å²) in [6.07, 6.45) is 0.873. The lowest BCUT2D eigenvalue weighted by molar-refractivity contribution is 0.324. The molecular weight excluding hydrogens is 356 g/mol. The fourth-order valence-corrected chi connectivity index (χ4v) is 3.49. The number of methoxy groups -OCH3 is 3. The molecule has 0 atom stereocenters. The number of benzene rings is 2.